The first-order chi connectivity index (χ1) is 8.21. The zero-order chi connectivity index (χ0) is 12.7. The summed E-state index contributed by atoms with van der Waals surface area (Å²) >= 11 is 0. The molecule has 0 amide bonds. The molecule has 0 aromatic heterocycles. The SMILES string of the molecule is CCOC(OCC)(C(C)CC)C1CCCC[SiH2]1. The Bertz CT molecular complexity index is 196. The molecule has 0 spiro atoms. The van der Waals surface area contributed by atoms with E-state index in [2.05, 4.69) is 27.7 Å². The van der Waals surface area contributed by atoms with Gasteiger partial charge in [-0.1, -0.05) is 32.7 Å². The smallest absolute Gasteiger partial charge is 0.170 e. The number of ether oxygens (including phenoxy) is 2. The molecule has 2 unspecified atom stereocenters. The van der Waals surface area contributed by atoms with Crippen LogP contribution in [0.1, 0.15) is 53.4 Å². The fraction of sp³-hybridized carbons (Fsp3) is 1.00. The fourth-order valence-corrected chi connectivity index (χ4v) is 5.96. The molecular formula is C14H30O2Si. The van der Waals surface area contributed by atoms with Crippen LogP contribution in [0.4, 0.5) is 0 Å². The highest BCUT2D eigenvalue weighted by molar-refractivity contribution is 6.38. The zero-order valence-corrected chi connectivity index (χ0v) is 13.5. The van der Waals surface area contributed by atoms with Crippen molar-refractivity contribution in [2.24, 2.45) is 5.92 Å². The fourth-order valence-electron chi connectivity index (χ4n) is 3.20. The lowest BCUT2D eigenvalue weighted by Gasteiger charge is -2.45. The van der Waals surface area contributed by atoms with E-state index in [1.54, 1.807) is 0 Å². The Labute approximate surface area is 109 Å². The Morgan fingerprint density at radius 3 is 2.24 bits per heavy atom. The minimum Gasteiger partial charge on any atom is -0.350 e. The largest absolute Gasteiger partial charge is 0.350 e. The van der Waals surface area contributed by atoms with Gasteiger partial charge in [-0.3, -0.25) is 0 Å². The van der Waals surface area contributed by atoms with Crippen LogP contribution in [-0.2, 0) is 9.47 Å². The first kappa shape index (κ1) is 15.2. The van der Waals surface area contributed by atoms with Crippen LogP contribution in [0.5, 0.6) is 0 Å². The lowest BCUT2D eigenvalue weighted by atomic mass is 9.91. The standard InChI is InChI=1S/C14H30O2Si/c1-5-12(4)14(15-6-2,16-7-3)13-10-8-9-11-17-13/h12-13H,5-11,17H2,1-4H3. The maximum Gasteiger partial charge on any atom is 0.170 e. The van der Waals surface area contributed by atoms with Crippen molar-refractivity contribution in [2.75, 3.05) is 13.2 Å². The van der Waals surface area contributed by atoms with E-state index in [1.165, 1.54) is 25.3 Å². The van der Waals surface area contributed by atoms with E-state index in [4.69, 9.17) is 9.47 Å². The van der Waals surface area contributed by atoms with Crippen LogP contribution in [0.2, 0.25) is 11.6 Å². The van der Waals surface area contributed by atoms with Crippen molar-refractivity contribution in [1.82, 2.24) is 0 Å². The van der Waals surface area contributed by atoms with Gasteiger partial charge in [0.1, 0.15) is 0 Å². The molecule has 0 aromatic carbocycles. The summed E-state index contributed by atoms with van der Waals surface area (Å²) < 4.78 is 12.3. The molecule has 0 bridgehead atoms. The molecule has 0 aromatic rings. The molecule has 1 heterocycles. The van der Waals surface area contributed by atoms with Crippen LogP contribution < -0.4 is 0 Å². The summed E-state index contributed by atoms with van der Waals surface area (Å²) in [7, 11) is -0.0244. The monoisotopic (exact) mass is 258 g/mol. The summed E-state index contributed by atoms with van der Waals surface area (Å²) in [6, 6.07) is 1.48. The first-order valence-electron chi connectivity index (χ1n) is 7.49. The molecular weight excluding hydrogens is 228 g/mol. The highest BCUT2D eigenvalue weighted by Gasteiger charge is 2.44. The van der Waals surface area contributed by atoms with Crippen LogP contribution in [0.15, 0.2) is 0 Å². The van der Waals surface area contributed by atoms with Crippen LogP contribution in [0.3, 0.4) is 0 Å². The van der Waals surface area contributed by atoms with Crippen molar-refractivity contribution in [1.29, 1.82) is 0 Å². The molecule has 0 N–H and O–H groups in total. The number of hydrogen-bond acceptors (Lipinski definition) is 2. The normalized spacial score (nSPS) is 25.1. The third kappa shape index (κ3) is 3.55. The number of rotatable bonds is 7. The third-order valence-corrected chi connectivity index (χ3v) is 6.80. The second-order valence-electron chi connectivity index (χ2n) is 5.23. The molecule has 2 nitrogen and oxygen atoms in total. The van der Waals surface area contributed by atoms with Gasteiger partial charge in [0.25, 0.3) is 0 Å². The molecule has 1 aliphatic heterocycles. The molecule has 0 radical (unpaired) electrons. The zero-order valence-electron chi connectivity index (χ0n) is 12.1. The summed E-state index contributed by atoms with van der Waals surface area (Å²) in [6.45, 7) is 10.3. The highest BCUT2D eigenvalue weighted by atomic mass is 28.2. The van der Waals surface area contributed by atoms with Gasteiger partial charge < -0.3 is 9.47 Å². The van der Waals surface area contributed by atoms with Gasteiger partial charge in [-0.2, -0.15) is 0 Å². The van der Waals surface area contributed by atoms with Crippen molar-refractivity contribution < 1.29 is 9.47 Å². The summed E-state index contributed by atoms with van der Waals surface area (Å²) in [4.78, 5) is 0. The van der Waals surface area contributed by atoms with Gasteiger partial charge in [0.05, 0.1) is 0 Å². The van der Waals surface area contributed by atoms with Gasteiger partial charge in [-0.15, -0.1) is 0 Å². The maximum atomic E-state index is 6.17. The Kier molecular flexibility index (Phi) is 6.74. The van der Waals surface area contributed by atoms with Crippen LogP contribution in [0, 0.1) is 5.92 Å². The topological polar surface area (TPSA) is 18.5 Å². The van der Waals surface area contributed by atoms with Gasteiger partial charge in [0.2, 0.25) is 0 Å². The van der Waals surface area contributed by atoms with E-state index in [-0.39, 0.29) is 15.3 Å². The van der Waals surface area contributed by atoms with E-state index in [9.17, 15) is 0 Å². The highest BCUT2D eigenvalue weighted by Crippen LogP contribution is 2.43. The second-order valence-corrected chi connectivity index (χ2v) is 7.50. The van der Waals surface area contributed by atoms with Gasteiger partial charge in [0.15, 0.2) is 5.79 Å². The van der Waals surface area contributed by atoms with Gasteiger partial charge in [-0.25, -0.2) is 0 Å². The predicted molar refractivity (Wildman–Crippen MR) is 76.4 cm³/mol. The van der Waals surface area contributed by atoms with Gasteiger partial charge >= 0.3 is 0 Å². The minimum atomic E-state index is -0.259. The molecule has 1 rings (SSSR count). The van der Waals surface area contributed by atoms with Crippen molar-refractivity contribution in [3.05, 3.63) is 0 Å². The first-order valence-corrected chi connectivity index (χ1v) is 9.30. The Morgan fingerprint density at radius 2 is 1.82 bits per heavy atom. The molecule has 17 heavy (non-hydrogen) atoms. The molecule has 0 aliphatic carbocycles. The van der Waals surface area contributed by atoms with Crippen molar-refractivity contribution >= 4 is 9.52 Å². The van der Waals surface area contributed by atoms with Crippen molar-refractivity contribution in [3.8, 4) is 0 Å². The number of hydrogen-bond donors (Lipinski definition) is 0. The van der Waals surface area contributed by atoms with Gasteiger partial charge in [-0.05, 0) is 26.7 Å². The average Bonchev–Trinajstić information content (AvgIpc) is 2.38. The summed E-state index contributed by atoms with van der Waals surface area (Å²) in [5, 5.41) is 0. The molecule has 2 atom stereocenters. The average molecular weight is 258 g/mol. The third-order valence-electron chi connectivity index (χ3n) is 4.21. The Hall–Kier alpha value is 0.137. The molecule has 1 aliphatic rings. The molecule has 3 heteroatoms. The summed E-state index contributed by atoms with van der Waals surface area (Å²) in [5.74, 6) is 0.253. The maximum absolute atomic E-state index is 6.17. The Balaban J connectivity index is 2.85. The minimum absolute atomic E-state index is 0.0244. The summed E-state index contributed by atoms with van der Waals surface area (Å²) in [5.41, 5.74) is 0.728. The molecule has 1 fully saturated rings. The van der Waals surface area contributed by atoms with E-state index >= 15 is 0 Å². The van der Waals surface area contributed by atoms with E-state index in [0.717, 1.165) is 25.2 Å². The van der Waals surface area contributed by atoms with E-state index in [1.807, 2.05) is 0 Å². The molecule has 1 saturated heterocycles. The predicted octanol–water partition coefficient (Wildman–Crippen LogP) is 3.36. The van der Waals surface area contributed by atoms with E-state index in [0.29, 0.717) is 5.92 Å². The van der Waals surface area contributed by atoms with Crippen molar-refractivity contribution in [2.45, 2.75) is 70.8 Å². The molecule has 0 saturated carbocycles. The second kappa shape index (κ2) is 7.55. The summed E-state index contributed by atoms with van der Waals surface area (Å²) in [6.07, 6.45) is 5.29. The Morgan fingerprint density at radius 1 is 1.18 bits per heavy atom. The van der Waals surface area contributed by atoms with Gasteiger partial charge in [0, 0.05) is 34.2 Å². The molecule has 102 valence electrons. The lowest BCUT2D eigenvalue weighted by molar-refractivity contribution is -0.265. The quantitative estimate of drug-likeness (QED) is 0.515. The van der Waals surface area contributed by atoms with Crippen LogP contribution >= 0.6 is 0 Å². The van der Waals surface area contributed by atoms with E-state index < -0.39 is 0 Å². The van der Waals surface area contributed by atoms with Crippen molar-refractivity contribution in [3.63, 3.8) is 0 Å². The lowest BCUT2D eigenvalue weighted by Crippen LogP contribution is -2.49. The van der Waals surface area contributed by atoms with Crippen LogP contribution in [0.25, 0.3) is 0 Å². The van der Waals surface area contributed by atoms with Crippen LogP contribution in [-0.4, -0.2) is 28.5 Å².